The van der Waals surface area contributed by atoms with E-state index in [-0.39, 0.29) is 19.4 Å². The molecule has 0 aromatic carbocycles. The number of halogens is 1. The van der Waals surface area contributed by atoms with Gasteiger partial charge in [0.05, 0.1) is 12.6 Å². The van der Waals surface area contributed by atoms with Crippen LogP contribution in [0.5, 0.6) is 0 Å². The van der Waals surface area contributed by atoms with Crippen LogP contribution in [0.15, 0.2) is 0 Å². The summed E-state index contributed by atoms with van der Waals surface area (Å²) in [6, 6.07) is -0.396. The monoisotopic (exact) mass is 161 g/mol. The lowest BCUT2D eigenvalue weighted by molar-refractivity contribution is -0.129. The smallest absolute Gasteiger partial charge is 0.258 e. The third-order valence-corrected chi connectivity index (χ3v) is 2.09. The summed E-state index contributed by atoms with van der Waals surface area (Å²) in [5.41, 5.74) is -1.74. The lowest BCUT2D eigenvalue weighted by atomic mass is 9.99. The molecule has 1 aliphatic rings. The molecule has 11 heavy (non-hydrogen) atoms. The van der Waals surface area contributed by atoms with E-state index in [4.69, 9.17) is 5.11 Å². The molecule has 1 amide bonds. The normalized spacial score (nSPS) is 37.4. The van der Waals surface area contributed by atoms with Crippen molar-refractivity contribution in [3.63, 3.8) is 0 Å². The third kappa shape index (κ3) is 1.35. The van der Waals surface area contributed by atoms with Crippen molar-refractivity contribution in [2.45, 2.75) is 31.5 Å². The number of nitrogens with one attached hydrogen (secondary N) is 1. The predicted molar refractivity (Wildman–Crippen MR) is 37.8 cm³/mol. The standard InChI is InChI=1S/C7H12FNO2/c1-2-7(8)3-5(4-10)9-6(7)11/h5,10H,2-4H2,1H3,(H,9,11)/t5-,7+/m0/s1. The Morgan fingerprint density at radius 2 is 2.55 bits per heavy atom. The predicted octanol–water partition coefficient (Wildman–Crippen LogP) is -0.0145. The number of alkyl halides is 1. The van der Waals surface area contributed by atoms with Crippen LogP contribution in [-0.4, -0.2) is 29.3 Å². The minimum atomic E-state index is -1.74. The fourth-order valence-electron chi connectivity index (χ4n) is 1.26. The number of hydrogen-bond donors (Lipinski definition) is 2. The molecule has 0 bridgehead atoms. The second-order valence-corrected chi connectivity index (χ2v) is 2.88. The summed E-state index contributed by atoms with van der Waals surface area (Å²) in [4.78, 5) is 10.9. The lowest BCUT2D eigenvalue weighted by Crippen LogP contribution is -2.33. The molecular weight excluding hydrogens is 149 g/mol. The molecule has 0 radical (unpaired) electrons. The van der Waals surface area contributed by atoms with Crippen LogP contribution in [0.1, 0.15) is 19.8 Å². The fourth-order valence-corrected chi connectivity index (χ4v) is 1.26. The van der Waals surface area contributed by atoms with Crippen LogP contribution in [0.2, 0.25) is 0 Å². The first-order valence-corrected chi connectivity index (χ1v) is 3.73. The number of carbonyl (C=O) groups is 1. The molecule has 3 nitrogen and oxygen atoms in total. The molecule has 0 saturated carbocycles. The highest BCUT2D eigenvalue weighted by Gasteiger charge is 2.45. The van der Waals surface area contributed by atoms with Crippen molar-refractivity contribution in [3.05, 3.63) is 0 Å². The summed E-state index contributed by atoms with van der Waals surface area (Å²) in [5.74, 6) is -0.584. The van der Waals surface area contributed by atoms with Gasteiger partial charge in [0.1, 0.15) is 0 Å². The van der Waals surface area contributed by atoms with E-state index in [0.29, 0.717) is 0 Å². The highest BCUT2D eigenvalue weighted by atomic mass is 19.1. The van der Waals surface area contributed by atoms with Gasteiger partial charge >= 0.3 is 0 Å². The Hall–Kier alpha value is -0.640. The van der Waals surface area contributed by atoms with Crippen molar-refractivity contribution in [1.82, 2.24) is 5.32 Å². The molecule has 1 rings (SSSR count). The molecule has 0 aromatic rings. The van der Waals surface area contributed by atoms with E-state index < -0.39 is 17.6 Å². The molecule has 0 aliphatic carbocycles. The van der Waals surface area contributed by atoms with Crippen LogP contribution in [0.4, 0.5) is 4.39 Å². The summed E-state index contributed by atoms with van der Waals surface area (Å²) in [5, 5.41) is 11.0. The Morgan fingerprint density at radius 3 is 2.82 bits per heavy atom. The van der Waals surface area contributed by atoms with Crippen molar-refractivity contribution in [2.75, 3.05) is 6.61 Å². The summed E-state index contributed by atoms with van der Waals surface area (Å²) >= 11 is 0. The SMILES string of the molecule is CC[C@@]1(F)C[C@@H](CO)NC1=O. The van der Waals surface area contributed by atoms with Gasteiger partial charge in [-0.1, -0.05) is 6.92 Å². The van der Waals surface area contributed by atoms with Gasteiger partial charge < -0.3 is 10.4 Å². The first-order chi connectivity index (χ1) is 5.12. The van der Waals surface area contributed by atoms with Crippen LogP contribution in [0.3, 0.4) is 0 Å². The van der Waals surface area contributed by atoms with E-state index in [1.165, 1.54) is 0 Å². The maximum Gasteiger partial charge on any atom is 0.258 e. The van der Waals surface area contributed by atoms with Gasteiger partial charge in [-0.2, -0.15) is 0 Å². The Balaban J connectivity index is 2.65. The van der Waals surface area contributed by atoms with Crippen molar-refractivity contribution in [1.29, 1.82) is 0 Å². The van der Waals surface area contributed by atoms with E-state index in [2.05, 4.69) is 5.32 Å². The first kappa shape index (κ1) is 8.46. The summed E-state index contributed by atoms with van der Waals surface area (Å²) in [7, 11) is 0. The third-order valence-electron chi connectivity index (χ3n) is 2.09. The van der Waals surface area contributed by atoms with E-state index in [1.807, 2.05) is 0 Å². The average Bonchev–Trinajstić information content (AvgIpc) is 2.29. The molecule has 0 spiro atoms. The average molecular weight is 161 g/mol. The molecule has 2 atom stereocenters. The van der Waals surface area contributed by atoms with Gasteiger partial charge in [0.25, 0.3) is 5.91 Å². The van der Waals surface area contributed by atoms with Crippen molar-refractivity contribution in [2.24, 2.45) is 0 Å². The summed E-state index contributed by atoms with van der Waals surface area (Å²) < 4.78 is 13.3. The molecule has 1 heterocycles. The van der Waals surface area contributed by atoms with E-state index in [1.54, 1.807) is 6.92 Å². The van der Waals surface area contributed by atoms with Crippen molar-refractivity contribution < 1.29 is 14.3 Å². The topological polar surface area (TPSA) is 49.3 Å². The van der Waals surface area contributed by atoms with Gasteiger partial charge in [0, 0.05) is 6.42 Å². The van der Waals surface area contributed by atoms with Crippen LogP contribution in [-0.2, 0) is 4.79 Å². The van der Waals surface area contributed by atoms with Crippen molar-refractivity contribution >= 4 is 5.91 Å². The fraction of sp³-hybridized carbons (Fsp3) is 0.857. The van der Waals surface area contributed by atoms with Crippen LogP contribution >= 0.6 is 0 Å². The van der Waals surface area contributed by atoms with Crippen LogP contribution in [0.25, 0.3) is 0 Å². The molecule has 2 N–H and O–H groups in total. The lowest BCUT2D eigenvalue weighted by Gasteiger charge is -2.11. The first-order valence-electron chi connectivity index (χ1n) is 3.73. The van der Waals surface area contributed by atoms with Crippen molar-refractivity contribution in [3.8, 4) is 0 Å². The van der Waals surface area contributed by atoms with Gasteiger partial charge in [0.2, 0.25) is 0 Å². The zero-order valence-corrected chi connectivity index (χ0v) is 6.43. The van der Waals surface area contributed by atoms with Crippen LogP contribution in [0, 0.1) is 0 Å². The minimum absolute atomic E-state index is 0.0961. The number of hydrogen-bond acceptors (Lipinski definition) is 2. The highest BCUT2D eigenvalue weighted by Crippen LogP contribution is 2.27. The molecule has 1 fully saturated rings. The maximum atomic E-state index is 13.3. The number of aliphatic hydroxyl groups is 1. The van der Waals surface area contributed by atoms with E-state index in [9.17, 15) is 9.18 Å². The molecule has 4 heteroatoms. The number of amides is 1. The number of rotatable bonds is 2. The Kier molecular flexibility index (Phi) is 2.13. The second kappa shape index (κ2) is 2.77. The molecule has 1 aliphatic heterocycles. The van der Waals surface area contributed by atoms with E-state index >= 15 is 0 Å². The Bertz CT molecular complexity index is 174. The molecule has 64 valence electrons. The van der Waals surface area contributed by atoms with Gasteiger partial charge in [-0.05, 0) is 6.42 Å². The Morgan fingerprint density at radius 1 is 1.91 bits per heavy atom. The Labute approximate surface area is 64.6 Å². The zero-order chi connectivity index (χ0) is 8.48. The minimum Gasteiger partial charge on any atom is -0.394 e. The largest absolute Gasteiger partial charge is 0.394 e. The molecular formula is C7H12FNO2. The van der Waals surface area contributed by atoms with E-state index in [0.717, 1.165) is 0 Å². The van der Waals surface area contributed by atoms with Gasteiger partial charge in [-0.15, -0.1) is 0 Å². The molecule has 1 saturated heterocycles. The van der Waals surface area contributed by atoms with Gasteiger partial charge in [-0.25, -0.2) is 4.39 Å². The second-order valence-electron chi connectivity index (χ2n) is 2.88. The van der Waals surface area contributed by atoms with Crippen LogP contribution < -0.4 is 5.32 Å². The van der Waals surface area contributed by atoms with Gasteiger partial charge in [-0.3, -0.25) is 4.79 Å². The number of carbonyl (C=O) groups excluding carboxylic acids is 1. The highest BCUT2D eigenvalue weighted by molar-refractivity contribution is 5.87. The zero-order valence-electron chi connectivity index (χ0n) is 6.43. The quantitative estimate of drug-likeness (QED) is 0.598. The summed E-state index contributed by atoms with van der Waals surface area (Å²) in [6.45, 7) is 1.44. The molecule has 0 aromatic heterocycles. The van der Waals surface area contributed by atoms with Gasteiger partial charge in [0.15, 0.2) is 5.67 Å². The number of aliphatic hydroxyl groups excluding tert-OH is 1. The molecule has 0 unspecified atom stereocenters. The maximum absolute atomic E-state index is 13.3. The summed E-state index contributed by atoms with van der Waals surface area (Å²) in [6.07, 6.45) is 0.272.